The Bertz CT molecular complexity index is 285. The molecular weight excluding hydrogens is 216 g/mol. The van der Waals surface area contributed by atoms with Crippen molar-refractivity contribution in [2.24, 2.45) is 5.41 Å². The van der Waals surface area contributed by atoms with E-state index in [1.54, 1.807) is 0 Å². The molecule has 1 saturated carbocycles. The summed E-state index contributed by atoms with van der Waals surface area (Å²) in [5.41, 5.74) is 0.0598. The fraction of sp³-hybridized carbons (Fsp3) is 0.923. The Labute approximate surface area is 103 Å². The van der Waals surface area contributed by atoms with Gasteiger partial charge in [-0.1, -0.05) is 13.8 Å². The summed E-state index contributed by atoms with van der Waals surface area (Å²) in [5.74, 6) is 0.163. The molecule has 0 aromatic rings. The molecule has 0 spiro atoms. The minimum absolute atomic E-state index is 0.0249. The second kappa shape index (κ2) is 4.94. The lowest BCUT2D eigenvalue weighted by Gasteiger charge is -2.51. The van der Waals surface area contributed by atoms with Crippen LogP contribution >= 0.6 is 0 Å². The minimum atomic E-state index is 0.0249. The molecule has 2 rings (SSSR count). The van der Waals surface area contributed by atoms with Crippen LogP contribution in [0.15, 0.2) is 0 Å². The number of rotatable bonds is 4. The molecule has 0 aromatic heterocycles. The second-order valence-electron chi connectivity index (χ2n) is 5.71. The van der Waals surface area contributed by atoms with Crippen molar-refractivity contribution in [3.63, 3.8) is 0 Å². The van der Waals surface area contributed by atoms with Crippen molar-refractivity contribution in [3.8, 4) is 0 Å². The van der Waals surface area contributed by atoms with Crippen LogP contribution in [0.4, 0.5) is 0 Å². The first-order valence-corrected chi connectivity index (χ1v) is 6.71. The van der Waals surface area contributed by atoms with Gasteiger partial charge in [-0.2, -0.15) is 0 Å². The molecule has 17 heavy (non-hydrogen) atoms. The summed E-state index contributed by atoms with van der Waals surface area (Å²) in [4.78, 5) is 12.0. The minimum Gasteiger partial charge on any atom is -0.378 e. The van der Waals surface area contributed by atoms with E-state index >= 15 is 0 Å². The lowest BCUT2D eigenvalue weighted by molar-refractivity contribution is -0.138. The third-order valence-electron chi connectivity index (χ3n) is 4.24. The van der Waals surface area contributed by atoms with Gasteiger partial charge in [0.15, 0.2) is 0 Å². The molecule has 4 nitrogen and oxygen atoms in total. The first kappa shape index (κ1) is 12.8. The quantitative estimate of drug-likeness (QED) is 0.772. The summed E-state index contributed by atoms with van der Waals surface area (Å²) in [6.07, 6.45) is 3.30. The molecule has 1 aliphatic heterocycles. The Kier molecular flexibility index (Phi) is 3.73. The summed E-state index contributed by atoms with van der Waals surface area (Å²) in [5, 5.41) is 6.39. The van der Waals surface area contributed by atoms with Crippen LogP contribution in [0.25, 0.3) is 0 Å². The lowest BCUT2D eigenvalue weighted by Crippen LogP contribution is -2.63. The van der Waals surface area contributed by atoms with Gasteiger partial charge in [0.1, 0.15) is 0 Å². The van der Waals surface area contributed by atoms with E-state index in [4.69, 9.17) is 4.74 Å². The van der Waals surface area contributed by atoms with Gasteiger partial charge < -0.3 is 15.4 Å². The molecule has 2 aliphatic rings. The smallest absolute Gasteiger partial charge is 0.237 e. The predicted molar refractivity (Wildman–Crippen MR) is 66.8 cm³/mol. The Morgan fingerprint density at radius 2 is 2.29 bits per heavy atom. The molecule has 3 atom stereocenters. The summed E-state index contributed by atoms with van der Waals surface area (Å²) < 4.78 is 5.66. The average molecular weight is 240 g/mol. The standard InChI is InChI=1S/C13H24N2O2/c1-4-17-11-8-10(13(11,2)3)15-12(16)9-6-5-7-14-9/h9-11,14H,4-8H2,1-3H3,(H,15,16)/t9-,10?,11?/m1/s1. The van der Waals surface area contributed by atoms with E-state index in [-0.39, 0.29) is 29.5 Å². The number of hydrogen-bond donors (Lipinski definition) is 2. The highest BCUT2D eigenvalue weighted by Gasteiger charge is 2.49. The summed E-state index contributed by atoms with van der Waals surface area (Å²) >= 11 is 0. The van der Waals surface area contributed by atoms with Crippen LogP contribution in [-0.4, -0.2) is 37.2 Å². The van der Waals surface area contributed by atoms with Crippen molar-refractivity contribution in [2.75, 3.05) is 13.2 Å². The van der Waals surface area contributed by atoms with E-state index in [1.807, 2.05) is 6.92 Å². The molecule has 1 aliphatic carbocycles. The van der Waals surface area contributed by atoms with Gasteiger partial charge in [-0.05, 0) is 32.7 Å². The highest BCUT2D eigenvalue weighted by atomic mass is 16.5. The van der Waals surface area contributed by atoms with E-state index in [0.717, 1.165) is 32.4 Å². The third kappa shape index (κ3) is 2.47. The van der Waals surface area contributed by atoms with Crippen molar-refractivity contribution >= 4 is 5.91 Å². The molecule has 0 aromatic carbocycles. The molecule has 98 valence electrons. The lowest BCUT2D eigenvalue weighted by atomic mass is 9.64. The van der Waals surface area contributed by atoms with Gasteiger partial charge in [0.25, 0.3) is 0 Å². The third-order valence-corrected chi connectivity index (χ3v) is 4.24. The zero-order valence-electron chi connectivity index (χ0n) is 11.1. The molecule has 0 bridgehead atoms. The van der Waals surface area contributed by atoms with E-state index < -0.39 is 0 Å². The number of hydrogen-bond acceptors (Lipinski definition) is 3. The van der Waals surface area contributed by atoms with Crippen molar-refractivity contribution in [1.29, 1.82) is 0 Å². The topological polar surface area (TPSA) is 50.4 Å². The molecule has 0 radical (unpaired) electrons. The SMILES string of the molecule is CCOC1CC(NC(=O)[C@H]2CCCN2)C1(C)C. The van der Waals surface area contributed by atoms with E-state index in [1.165, 1.54) is 0 Å². The van der Waals surface area contributed by atoms with Crippen molar-refractivity contribution in [3.05, 3.63) is 0 Å². The molecule has 1 amide bonds. The van der Waals surface area contributed by atoms with Gasteiger partial charge in [0.2, 0.25) is 5.91 Å². The van der Waals surface area contributed by atoms with E-state index in [0.29, 0.717) is 0 Å². The number of carbonyl (C=O) groups is 1. The Morgan fingerprint density at radius 3 is 2.82 bits per heavy atom. The summed E-state index contributed by atoms with van der Waals surface area (Å²) in [6, 6.07) is 0.283. The zero-order chi connectivity index (χ0) is 12.5. The maximum absolute atomic E-state index is 12.0. The van der Waals surface area contributed by atoms with Crippen LogP contribution < -0.4 is 10.6 Å². The van der Waals surface area contributed by atoms with Crippen LogP contribution in [-0.2, 0) is 9.53 Å². The van der Waals surface area contributed by atoms with Gasteiger partial charge in [-0.3, -0.25) is 4.79 Å². The number of amides is 1. The molecule has 1 saturated heterocycles. The average Bonchev–Trinajstić information content (AvgIpc) is 2.81. The first-order valence-electron chi connectivity index (χ1n) is 6.71. The first-order chi connectivity index (χ1) is 8.05. The molecular formula is C13H24N2O2. The van der Waals surface area contributed by atoms with Crippen molar-refractivity contribution < 1.29 is 9.53 Å². The maximum atomic E-state index is 12.0. The normalized spacial score (nSPS) is 35.4. The van der Waals surface area contributed by atoms with Gasteiger partial charge in [-0.15, -0.1) is 0 Å². The Morgan fingerprint density at radius 1 is 1.53 bits per heavy atom. The molecule has 4 heteroatoms. The fourth-order valence-corrected chi connectivity index (χ4v) is 2.80. The van der Waals surface area contributed by atoms with Gasteiger partial charge in [0, 0.05) is 18.1 Å². The highest BCUT2D eigenvalue weighted by Crippen LogP contribution is 2.42. The van der Waals surface area contributed by atoms with Crippen LogP contribution in [0.1, 0.15) is 40.0 Å². The van der Waals surface area contributed by atoms with Crippen LogP contribution in [0.5, 0.6) is 0 Å². The van der Waals surface area contributed by atoms with Gasteiger partial charge in [-0.25, -0.2) is 0 Å². The maximum Gasteiger partial charge on any atom is 0.237 e. The van der Waals surface area contributed by atoms with E-state index in [9.17, 15) is 4.79 Å². The summed E-state index contributed by atoms with van der Waals surface area (Å²) in [7, 11) is 0. The summed E-state index contributed by atoms with van der Waals surface area (Å²) in [6.45, 7) is 8.07. The monoisotopic (exact) mass is 240 g/mol. The van der Waals surface area contributed by atoms with Crippen LogP contribution in [0.3, 0.4) is 0 Å². The Balaban J connectivity index is 1.82. The van der Waals surface area contributed by atoms with Crippen molar-refractivity contribution in [1.82, 2.24) is 10.6 Å². The van der Waals surface area contributed by atoms with Crippen LogP contribution in [0, 0.1) is 5.41 Å². The predicted octanol–water partition coefficient (Wildman–Crippen LogP) is 1.06. The number of nitrogens with one attached hydrogen (secondary N) is 2. The van der Waals surface area contributed by atoms with Crippen molar-refractivity contribution in [2.45, 2.75) is 58.2 Å². The fourth-order valence-electron chi connectivity index (χ4n) is 2.80. The van der Waals surface area contributed by atoms with Crippen LogP contribution in [0.2, 0.25) is 0 Å². The highest BCUT2D eigenvalue weighted by molar-refractivity contribution is 5.82. The Hall–Kier alpha value is -0.610. The second-order valence-corrected chi connectivity index (χ2v) is 5.71. The zero-order valence-corrected chi connectivity index (χ0v) is 11.1. The molecule has 2 fully saturated rings. The molecule has 1 heterocycles. The number of carbonyl (C=O) groups excluding carboxylic acids is 1. The largest absolute Gasteiger partial charge is 0.378 e. The van der Waals surface area contributed by atoms with Gasteiger partial charge >= 0.3 is 0 Å². The molecule has 2 unspecified atom stereocenters. The van der Waals surface area contributed by atoms with E-state index in [2.05, 4.69) is 24.5 Å². The van der Waals surface area contributed by atoms with Gasteiger partial charge in [0.05, 0.1) is 12.1 Å². The number of ether oxygens (including phenoxy) is 1. The molecule has 2 N–H and O–H groups in total.